The second kappa shape index (κ2) is 7.57. The Morgan fingerprint density at radius 3 is 2.61 bits per heavy atom. The summed E-state index contributed by atoms with van der Waals surface area (Å²) in [6.07, 6.45) is -1.05. The fraction of sp³-hybridized carbons (Fsp3) is 0.125. The highest BCUT2D eigenvalue weighted by Crippen LogP contribution is 2.23. The van der Waals surface area contributed by atoms with Crippen LogP contribution < -0.4 is 5.32 Å². The van der Waals surface area contributed by atoms with E-state index >= 15 is 0 Å². The summed E-state index contributed by atoms with van der Waals surface area (Å²) in [5, 5.41) is 2.54. The fourth-order valence-electron chi connectivity index (χ4n) is 1.73. The zero-order chi connectivity index (χ0) is 17.0. The molecule has 1 N–H and O–H groups in total. The van der Waals surface area contributed by atoms with E-state index in [0.717, 1.165) is 6.07 Å². The van der Waals surface area contributed by atoms with Gasteiger partial charge in [-0.05, 0) is 53.2 Å². The molecule has 23 heavy (non-hydrogen) atoms. The normalized spacial score (nSPS) is 11.7. The maximum absolute atomic E-state index is 13.0. The number of benzene rings is 2. The van der Waals surface area contributed by atoms with Crippen LogP contribution in [0, 0.1) is 5.82 Å². The van der Waals surface area contributed by atoms with Crippen LogP contribution in [0.15, 0.2) is 46.9 Å². The van der Waals surface area contributed by atoms with E-state index in [4.69, 9.17) is 16.3 Å². The molecule has 0 bridgehead atoms. The Morgan fingerprint density at radius 1 is 1.26 bits per heavy atom. The van der Waals surface area contributed by atoms with Crippen molar-refractivity contribution in [3.8, 4) is 0 Å². The Balaban J connectivity index is 2.03. The van der Waals surface area contributed by atoms with Crippen molar-refractivity contribution in [3.05, 3.63) is 63.3 Å². The summed E-state index contributed by atoms with van der Waals surface area (Å²) in [4.78, 5) is 24.1. The van der Waals surface area contributed by atoms with E-state index in [-0.39, 0.29) is 10.7 Å². The van der Waals surface area contributed by atoms with E-state index in [1.165, 1.54) is 19.1 Å². The first-order valence-corrected chi connectivity index (χ1v) is 7.77. The van der Waals surface area contributed by atoms with E-state index in [1.807, 2.05) is 0 Å². The van der Waals surface area contributed by atoms with Crippen LogP contribution in [0.3, 0.4) is 0 Å². The summed E-state index contributed by atoms with van der Waals surface area (Å²) in [6.45, 7) is 1.43. The molecule has 0 spiro atoms. The number of nitrogens with one attached hydrogen (secondary N) is 1. The minimum Gasteiger partial charge on any atom is -0.449 e. The molecule has 0 heterocycles. The van der Waals surface area contributed by atoms with Gasteiger partial charge in [0.25, 0.3) is 5.91 Å². The second-order valence-corrected chi connectivity index (χ2v) is 5.90. The highest BCUT2D eigenvalue weighted by atomic mass is 79.9. The molecule has 1 atom stereocenters. The molecule has 7 heteroatoms. The summed E-state index contributed by atoms with van der Waals surface area (Å²) in [5.41, 5.74) is 0.550. The van der Waals surface area contributed by atoms with Gasteiger partial charge in [0.1, 0.15) is 5.82 Å². The molecular formula is C16H12BrClFNO3. The largest absolute Gasteiger partial charge is 0.449 e. The SMILES string of the molecule is C[C@H](OC(=O)c1ccccc1Br)C(=O)Nc1ccc(F)cc1Cl. The van der Waals surface area contributed by atoms with Gasteiger partial charge in [-0.1, -0.05) is 23.7 Å². The zero-order valence-corrected chi connectivity index (χ0v) is 14.3. The van der Waals surface area contributed by atoms with Crippen molar-refractivity contribution in [2.75, 3.05) is 5.32 Å². The van der Waals surface area contributed by atoms with Gasteiger partial charge in [-0.3, -0.25) is 4.79 Å². The molecule has 2 rings (SSSR count). The lowest BCUT2D eigenvalue weighted by Crippen LogP contribution is -2.30. The molecule has 0 saturated heterocycles. The minimum atomic E-state index is -1.05. The summed E-state index contributed by atoms with van der Waals surface area (Å²) in [7, 11) is 0. The Labute approximate surface area is 145 Å². The summed E-state index contributed by atoms with van der Waals surface area (Å²) in [6, 6.07) is 10.3. The van der Waals surface area contributed by atoms with E-state index in [1.54, 1.807) is 24.3 Å². The van der Waals surface area contributed by atoms with E-state index in [0.29, 0.717) is 10.0 Å². The molecule has 0 saturated carbocycles. The second-order valence-electron chi connectivity index (χ2n) is 4.64. The maximum Gasteiger partial charge on any atom is 0.340 e. The van der Waals surface area contributed by atoms with E-state index in [2.05, 4.69) is 21.2 Å². The number of ether oxygens (including phenoxy) is 1. The van der Waals surface area contributed by atoms with Crippen molar-refractivity contribution in [2.24, 2.45) is 0 Å². The third-order valence-electron chi connectivity index (χ3n) is 2.94. The smallest absolute Gasteiger partial charge is 0.340 e. The molecule has 1 amide bonds. The molecule has 0 fully saturated rings. The van der Waals surface area contributed by atoms with E-state index < -0.39 is 23.8 Å². The van der Waals surface area contributed by atoms with Crippen molar-refractivity contribution < 1.29 is 18.7 Å². The summed E-state index contributed by atoms with van der Waals surface area (Å²) in [5.74, 6) is -1.72. The van der Waals surface area contributed by atoms with Crippen molar-refractivity contribution in [1.29, 1.82) is 0 Å². The minimum absolute atomic E-state index is 0.0580. The number of rotatable bonds is 4. The first kappa shape index (κ1) is 17.4. The predicted molar refractivity (Wildman–Crippen MR) is 89.1 cm³/mol. The molecule has 4 nitrogen and oxygen atoms in total. The standard InChI is InChI=1S/C16H12BrClFNO3/c1-9(23-16(22)11-4-2-3-5-12(11)17)15(21)20-14-7-6-10(19)8-13(14)18/h2-9H,1H3,(H,20,21)/t9-/m0/s1. The quantitative estimate of drug-likeness (QED) is 0.773. The molecule has 0 unspecified atom stereocenters. The number of amides is 1. The molecule has 0 aliphatic heterocycles. The van der Waals surface area contributed by atoms with Crippen molar-refractivity contribution in [3.63, 3.8) is 0 Å². The van der Waals surface area contributed by atoms with Crippen LogP contribution in [-0.4, -0.2) is 18.0 Å². The number of carbonyl (C=O) groups excluding carboxylic acids is 2. The topological polar surface area (TPSA) is 55.4 Å². The number of halogens is 3. The Hall–Kier alpha value is -1.92. The molecule has 2 aromatic carbocycles. The fourth-order valence-corrected chi connectivity index (χ4v) is 2.39. The van der Waals surface area contributed by atoms with Crippen LogP contribution >= 0.6 is 27.5 Å². The molecular weight excluding hydrogens is 389 g/mol. The Bertz CT molecular complexity index is 754. The van der Waals surface area contributed by atoms with Gasteiger partial charge in [-0.15, -0.1) is 0 Å². The number of carbonyl (C=O) groups is 2. The average Bonchev–Trinajstić information content (AvgIpc) is 2.50. The lowest BCUT2D eigenvalue weighted by atomic mass is 10.2. The molecule has 0 aliphatic carbocycles. The molecule has 2 aromatic rings. The number of hydrogen-bond acceptors (Lipinski definition) is 3. The van der Waals surface area contributed by atoms with Gasteiger partial charge in [0.2, 0.25) is 0 Å². The third kappa shape index (κ3) is 4.53. The molecule has 0 radical (unpaired) electrons. The van der Waals surface area contributed by atoms with Crippen molar-refractivity contribution in [2.45, 2.75) is 13.0 Å². The van der Waals surface area contributed by atoms with Gasteiger partial charge in [-0.25, -0.2) is 9.18 Å². The van der Waals surface area contributed by atoms with Gasteiger partial charge < -0.3 is 10.1 Å². The first-order chi connectivity index (χ1) is 10.9. The van der Waals surface area contributed by atoms with Crippen LogP contribution in [0.1, 0.15) is 17.3 Å². The van der Waals surface area contributed by atoms with Gasteiger partial charge >= 0.3 is 5.97 Å². The predicted octanol–water partition coefficient (Wildman–Crippen LogP) is 4.43. The number of hydrogen-bond donors (Lipinski definition) is 1. The van der Waals surface area contributed by atoms with Gasteiger partial charge in [0.15, 0.2) is 6.10 Å². The average molecular weight is 401 g/mol. The van der Waals surface area contributed by atoms with Gasteiger partial charge in [0, 0.05) is 4.47 Å². The van der Waals surface area contributed by atoms with Crippen LogP contribution in [0.5, 0.6) is 0 Å². The van der Waals surface area contributed by atoms with Crippen LogP contribution in [0.25, 0.3) is 0 Å². The highest BCUT2D eigenvalue weighted by Gasteiger charge is 2.21. The Kier molecular flexibility index (Phi) is 5.74. The third-order valence-corrected chi connectivity index (χ3v) is 3.94. The molecule has 120 valence electrons. The molecule has 0 aliphatic rings. The summed E-state index contributed by atoms with van der Waals surface area (Å²) < 4.78 is 18.7. The van der Waals surface area contributed by atoms with Gasteiger partial charge in [0.05, 0.1) is 16.3 Å². The number of esters is 1. The first-order valence-electron chi connectivity index (χ1n) is 6.60. The van der Waals surface area contributed by atoms with Gasteiger partial charge in [-0.2, -0.15) is 0 Å². The number of anilines is 1. The van der Waals surface area contributed by atoms with Crippen LogP contribution in [-0.2, 0) is 9.53 Å². The lowest BCUT2D eigenvalue weighted by Gasteiger charge is -2.14. The molecule has 0 aromatic heterocycles. The maximum atomic E-state index is 13.0. The van der Waals surface area contributed by atoms with E-state index in [9.17, 15) is 14.0 Å². The van der Waals surface area contributed by atoms with Crippen molar-refractivity contribution in [1.82, 2.24) is 0 Å². The highest BCUT2D eigenvalue weighted by molar-refractivity contribution is 9.10. The Morgan fingerprint density at radius 2 is 1.96 bits per heavy atom. The van der Waals surface area contributed by atoms with Crippen LogP contribution in [0.4, 0.5) is 10.1 Å². The monoisotopic (exact) mass is 399 g/mol. The summed E-state index contributed by atoms with van der Waals surface area (Å²) >= 11 is 9.07. The van der Waals surface area contributed by atoms with Crippen LogP contribution in [0.2, 0.25) is 5.02 Å². The zero-order valence-electron chi connectivity index (χ0n) is 12.0. The lowest BCUT2D eigenvalue weighted by molar-refractivity contribution is -0.123. The van der Waals surface area contributed by atoms with Crippen molar-refractivity contribution >= 4 is 45.1 Å².